The number of rotatable bonds is 5. The highest BCUT2D eigenvalue weighted by Crippen LogP contribution is 2.21. The van der Waals surface area contributed by atoms with Crippen LogP contribution in [0, 0.1) is 11.3 Å². The van der Waals surface area contributed by atoms with Gasteiger partial charge in [-0.05, 0) is 32.0 Å². The number of nitriles is 1. The van der Waals surface area contributed by atoms with Crippen LogP contribution in [-0.2, 0) is 27.8 Å². The van der Waals surface area contributed by atoms with E-state index in [1.165, 1.54) is 22.8 Å². The van der Waals surface area contributed by atoms with E-state index in [1.54, 1.807) is 13.8 Å². The molecule has 26 heavy (non-hydrogen) atoms. The second-order valence-corrected chi connectivity index (χ2v) is 7.73. The minimum atomic E-state index is -4.04. The predicted molar refractivity (Wildman–Crippen MR) is 93.3 cm³/mol. The van der Waals surface area contributed by atoms with Crippen LogP contribution in [0.3, 0.4) is 0 Å². The van der Waals surface area contributed by atoms with Crippen molar-refractivity contribution in [1.82, 2.24) is 13.9 Å². The molecule has 1 fully saturated rings. The van der Waals surface area contributed by atoms with Crippen molar-refractivity contribution in [2.24, 2.45) is 0 Å². The van der Waals surface area contributed by atoms with E-state index in [1.807, 2.05) is 6.07 Å². The van der Waals surface area contributed by atoms with Gasteiger partial charge in [0.15, 0.2) is 5.54 Å². The summed E-state index contributed by atoms with van der Waals surface area (Å²) in [7, 11) is -4.04. The fraction of sp³-hybridized carbons (Fsp3) is 0.438. The molecule has 3 rings (SSSR count). The molecule has 0 radical (unpaired) electrons. The molecule has 1 N–H and O–H groups in total. The molecular formula is C16H18N4O5S. The summed E-state index contributed by atoms with van der Waals surface area (Å²) in [5.74, 6) is 0. The van der Waals surface area contributed by atoms with Crippen molar-refractivity contribution < 1.29 is 13.2 Å². The minimum Gasteiger partial charge on any atom is -0.375 e. The van der Waals surface area contributed by atoms with Crippen molar-refractivity contribution in [3.63, 3.8) is 0 Å². The Bertz CT molecular complexity index is 1140. The Morgan fingerprint density at radius 3 is 2.38 bits per heavy atom. The molecule has 0 aliphatic carbocycles. The van der Waals surface area contributed by atoms with Gasteiger partial charge >= 0.3 is 5.69 Å². The van der Waals surface area contributed by atoms with E-state index in [0.717, 1.165) is 4.57 Å². The first kappa shape index (κ1) is 18.3. The molecule has 0 saturated carbocycles. The van der Waals surface area contributed by atoms with Crippen LogP contribution in [0.4, 0.5) is 0 Å². The van der Waals surface area contributed by atoms with Crippen LogP contribution < -0.4 is 16.0 Å². The second kappa shape index (κ2) is 6.35. The summed E-state index contributed by atoms with van der Waals surface area (Å²) in [5, 5.41) is 9.31. The molecule has 0 spiro atoms. The number of aryl methyl sites for hydroxylation is 1. The van der Waals surface area contributed by atoms with Crippen molar-refractivity contribution in [2.45, 2.75) is 37.4 Å². The van der Waals surface area contributed by atoms with Gasteiger partial charge in [0.25, 0.3) is 5.56 Å². The van der Waals surface area contributed by atoms with Crippen LogP contribution in [-0.4, -0.2) is 36.3 Å². The molecular weight excluding hydrogens is 360 g/mol. The molecule has 9 nitrogen and oxygen atoms in total. The highest BCUT2D eigenvalue weighted by atomic mass is 32.2. The Hall–Kier alpha value is -2.48. The van der Waals surface area contributed by atoms with Gasteiger partial charge in [-0.3, -0.25) is 13.9 Å². The van der Waals surface area contributed by atoms with Crippen molar-refractivity contribution in [3.05, 3.63) is 39.0 Å². The molecule has 0 unspecified atom stereocenters. The van der Waals surface area contributed by atoms with E-state index in [4.69, 9.17) is 4.74 Å². The maximum atomic E-state index is 12.6. The van der Waals surface area contributed by atoms with Gasteiger partial charge in [-0.15, -0.1) is 0 Å². The lowest BCUT2D eigenvalue weighted by Gasteiger charge is -2.35. The molecule has 138 valence electrons. The third kappa shape index (κ3) is 2.74. The van der Waals surface area contributed by atoms with Crippen LogP contribution in [0.25, 0.3) is 10.9 Å². The van der Waals surface area contributed by atoms with Crippen LogP contribution in [0.2, 0.25) is 0 Å². The fourth-order valence-corrected chi connectivity index (χ4v) is 4.24. The van der Waals surface area contributed by atoms with E-state index in [-0.39, 0.29) is 30.0 Å². The Balaban J connectivity index is 2.20. The number of sulfonamides is 1. The number of hydrogen-bond acceptors (Lipinski definition) is 6. The zero-order valence-electron chi connectivity index (χ0n) is 14.4. The molecule has 1 aliphatic heterocycles. The molecule has 0 atom stereocenters. The molecule has 1 aromatic carbocycles. The number of benzene rings is 1. The summed E-state index contributed by atoms with van der Waals surface area (Å²) in [5.41, 5.74) is -1.90. The predicted octanol–water partition coefficient (Wildman–Crippen LogP) is -0.226. The van der Waals surface area contributed by atoms with Crippen LogP contribution in [0.5, 0.6) is 0 Å². The lowest BCUT2D eigenvalue weighted by molar-refractivity contribution is -0.0324. The summed E-state index contributed by atoms with van der Waals surface area (Å²) in [6.45, 7) is 3.89. The molecule has 1 aromatic heterocycles. The van der Waals surface area contributed by atoms with Gasteiger partial charge in [-0.2, -0.15) is 9.98 Å². The molecule has 0 bridgehead atoms. The molecule has 1 aliphatic rings. The van der Waals surface area contributed by atoms with Crippen LogP contribution in [0.15, 0.2) is 32.7 Å². The summed E-state index contributed by atoms with van der Waals surface area (Å²) in [4.78, 5) is 24.8. The number of nitrogens with zero attached hydrogens (tertiary/aromatic N) is 3. The fourth-order valence-electron chi connectivity index (χ4n) is 2.92. The SMILES string of the molecule is CCn1c(=O)c2cc(S(=O)(=O)NC3(C#N)COC3)ccc2n(CC)c1=O. The molecule has 2 aromatic rings. The maximum Gasteiger partial charge on any atom is 0.331 e. The van der Waals surface area contributed by atoms with E-state index in [9.17, 15) is 23.3 Å². The van der Waals surface area contributed by atoms with E-state index < -0.39 is 26.8 Å². The molecule has 2 heterocycles. The smallest absolute Gasteiger partial charge is 0.331 e. The topological polar surface area (TPSA) is 123 Å². The molecule has 1 saturated heterocycles. The quantitative estimate of drug-likeness (QED) is 0.767. The number of hydrogen-bond donors (Lipinski definition) is 1. The normalized spacial score (nSPS) is 16.2. The first-order valence-electron chi connectivity index (χ1n) is 8.09. The third-order valence-electron chi connectivity index (χ3n) is 4.38. The minimum absolute atomic E-state index is 0.0334. The maximum absolute atomic E-state index is 12.6. The molecule has 10 heteroatoms. The van der Waals surface area contributed by atoms with Gasteiger partial charge in [0.05, 0.1) is 35.1 Å². The standard InChI is InChI=1S/C16H18N4O5S/c1-3-19-13-6-5-11(7-12(13)14(21)20(4-2)15(19)22)26(23,24)18-16(8-17)9-25-10-16/h5-7,18H,3-4,9-10H2,1-2H3. The van der Waals surface area contributed by atoms with E-state index in [2.05, 4.69) is 4.72 Å². The van der Waals surface area contributed by atoms with Crippen molar-refractivity contribution in [2.75, 3.05) is 13.2 Å². The first-order chi connectivity index (χ1) is 12.3. The van der Waals surface area contributed by atoms with Crippen molar-refractivity contribution >= 4 is 20.9 Å². The van der Waals surface area contributed by atoms with Crippen molar-refractivity contribution in [3.8, 4) is 6.07 Å². The van der Waals surface area contributed by atoms with E-state index >= 15 is 0 Å². The average molecular weight is 378 g/mol. The van der Waals surface area contributed by atoms with Crippen LogP contribution >= 0.6 is 0 Å². The summed E-state index contributed by atoms with van der Waals surface area (Å²) < 4.78 is 35.0. The summed E-state index contributed by atoms with van der Waals surface area (Å²) >= 11 is 0. The average Bonchev–Trinajstić information content (AvgIpc) is 2.59. The number of ether oxygens (including phenoxy) is 1. The number of nitrogens with one attached hydrogen (secondary N) is 1. The van der Waals surface area contributed by atoms with Crippen LogP contribution in [0.1, 0.15) is 13.8 Å². The number of fused-ring (bicyclic) bond motifs is 1. The Labute approximate surface area is 149 Å². The summed E-state index contributed by atoms with van der Waals surface area (Å²) in [6.07, 6.45) is 0. The zero-order valence-corrected chi connectivity index (χ0v) is 15.2. The Morgan fingerprint density at radius 1 is 1.23 bits per heavy atom. The van der Waals surface area contributed by atoms with Gasteiger partial charge in [0.1, 0.15) is 0 Å². The van der Waals surface area contributed by atoms with Gasteiger partial charge in [0, 0.05) is 13.1 Å². The Morgan fingerprint density at radius 2 is 1.88 bits per heavy atom. The second-order valence-electron chi connectivity index (χ2n) is 6.05. The van der Waals surface area contributed by atoms with Gasteiger partial charge < -0.3 is 4.74 Å². The van der Waals surface area contributed by atoms with Gasteiger partial charge in [0.2, 0.25) is 10.0 Å². The first-order valence-corrected chi connectivity index (χ1v) is 9.57. The lowest BCUT2D eigenvalue weighted by atomic mass is 10.0. The van der Waals surface area contributed by atoms with E-state index in [0.29, 0.717) is 12.1 Å². The van der Waals surface area contributed by atoms with Gasteiger partial charge in [-0.1, -0.05) is 0 Å². The summed E-state index contributed by atoms with van der Waals surface area (Å²) in [6, 6.07) is 5.90. The zero-order chi connectivity index (χ0) is 19.1. The number of aromatic nitrogens is 2. The third-order valence-corrected chi connectivity index (χ3v) is 5.91. The highest BCUT2D eigenvalue weighted by Gasteiger charge is 2.43. The Kier molecular flexibility index (Phi) is 4.47. The van der Waals surface area contributed by atoms with Crippen molar-refractivity contribution in [1.29, 1.82) is 5.26 Å². The van der Waals surface area contributed by atoms with Gasteiger partial charge in [-0.25, -0.2) is 13.2 Å². The largest absolute Gasteiger partial charge is 0.375 e. The lowest BCUT2D eigenvalue weighted by Crippen LogP contribution is -2.61. The monoisotopic (exact) mass is 378 g/mol. The highest BCUT2D eigenvalue weighted by molar-refractivity contribution is 7.89. The molecule has 0 amide bonds.